The van der Waals surface area contributed by atoms with Crippen LogP contribution in [0.25, 0.3) is 10.4 Å². The van der Waals surface area contributed by atoms with Gasteiger partial charge in [0.15, 0.2) is 0 Å². The number of aromatic nitrogens is 1. The Bertz CT molecular complexity index is 1130. The zero-order valence-electron chi connectivity index (χ0n) is 14.3. The first kappa shape index (κ1) is 18.3. The minimum atomic E-state index is -4.25. The van der Waals surface area contributed by atoms with Crippen molar-refractivity contribution >= 4 is 27.5 Å². The second-order valence-electron chi connectivity index (χ2n) is 5.81. The number of benzene rings is 2. The average molecular weight is 418 g/mol. The van der Waals surface area contributed by atoms with E-state index in [1.165, 1.54) is 23.5 Å². The van der Waals surface area contributed by atoms with Crippen LogP contribution in [0.5, 0.6) is 17.2 Å². The van der Waals surface area contributed by atoms with Crippen LogP contribution in [0.3, 0.4) is 0 Å². The molecule has 1 aliphatic rings. The van der Waals surface area contributed by atoms with E-state index < -0.39 is 16.1 Å². The van der Waals surface area contributed by atoms with Crippen molar-refractivity contribution in [1.82, 2.24) is 9.29 Å². The fourth-order valence-electron chi connectivity index (χ4n) is 2.76. The van der Waals surface area contributed by atoms with Crippen LogP contribution in [-0.4, -0.2) is 42.1 Å². The second kappa shape index (κ2) is 7.13. The maximum Gasteiger partial charge on any atom is 0.421 e. The molecular formula is C18H14N2O6S2. The molecule has 4 rings (SSSR count). The predicted molar refractivity (Wildman–Crippen MR) is 101 cm³/mol. The average Bonchev–Trinajstić information content (AvgIpc) is 3.16. The lowest BCUT2D eigenvalue weighted by atomic mass is 10.2. The van der Waals surface area contributed by atoms with E-state index in [0.717, 1.165) is 10.4 Å². The number of rotatable bonds is 3. The first-order chi connectivity index (χ1) is 13.4. The van der Waals surface area contributed by atoms with Crippen LogP contribution in [0.1, 0.15) is 0 Å². The lowest BCUT2D eigenvalue weighted by Gasteiger charge is -2.16. The molecule has 0 saturated heterocycles. The molecule has 1 N–H and O–H groups in total. The van der Waals surface area contributed by atoms with Crippen molar-refractivity contribution in [2.24, 2.45) is 0 Å². The summed E-state index contributed by atoms with van der Waals surface area (Å²) in [6.07, 6.45) is 0.191. The quantitative estimate of drug-likeness (QED) is 0.692. The van der Waals surface area contributed by atoms with Gasteiger partial charge in [0.1, 0.15) is 28.8 Å². The molecule has 0 unspecified atom stereocenters. The number of ether oxygens (including phenoxy) is 2. The van der Waals surface area contributed by atoms with Gasteiger partial charge in [0.05, 0.1) is 16.9 Å². The van der Waals surface area contributed by atoms with E-state index in [9.17, 15) is 18.3 Å². The number of hydrogen-bond donors (Lipinski definition) is 1. The Hall–Kier alpha value is -3.11. The molecule has 28 heavy (non-hydrogen) atoms. The van der Waals surface area contributed by atoms with E-state index in [1.807, 2.05) is 18.2 Å². The molecule has 0 bridgehead atoms. The smallest absolute Gasteiger partial charge is 0.421 e. The maximum atomic E-state index is 12.7. The minimum absolute atomic E-state index is 0.0599. The Morgan fingerprint density at radius 1 is 1.21 bits per heavy atom. The molecule has 0 radical (unpaired) electrons. The van der Waals surface area contributed by atoms with Gasteiger partial charge < -0.3 is 14.6 Å². The number of amides is 1. The van der Waals surface area contributed by atoms with Crippen LogP contribution < -0.4 is 9.47 Å². The Kier molecular flexibility index (Phi) is 4.65. The molecule has 3 aromatic rings. The van der Waals surface area contributed by atoms with E-state index >= 15 is 0 Å². The monoisotopic (exact) mass is 418 g/mol. The van der Waals surface area contributed by atoms with Crippen LogP contribution in [0.4, 0.5) is 4.79 Å². The standard InChI is InChI=1S/C18H14N2O6S2/c21-18(22)20-6-7-25-15-5-4-14(9-17(15)28(20,23)24)26-13-3-1-2-12(8-13)16-10-19-11-27-16/h1-5,8-11H,6-7H2,(H,21,22). The highest BCUT2D eigenvalue weighted by molar-refractivity contribution is 7.89. The van der Waals surface area contributed by atoms with E-state index in [-0.39, 0.29) is 29.5 Å². The summed E-state index contributed by atoms with van der Waals surface area (Å²) in [5.74, 6) is 0.849. The Morgan fingerprint density at radius 2 is 2.04 bits per heavy atom. The van der Waals surface area contributed by atoms with Gasteiger partial charge in [0.2, 0.25) is 0 Å². The van der Waals surface area contributed by atoms with Gasteiger partial charge in [-0.25, -0.2) is 13.2 Å². The highest BCUT2D eigenvalue weighted by Crippen LogP contribution is 2.35. The molecule has 0 fully saturated rings. The number of nitrogens with zero attached hydrogens (tertiary/aromatic N) is 2. The van der Waals surface area contributed by atoms with Crippen LogP contribution >= 0.6 is 11.3 Å². The lowest BCUT2D eigenvalue weighted by molar-refractivity contribution is 0.167. The summed E-state index contributed by atoms with van der Waals surface area (Å²) in [4.78, 5) is 16.1. The van der Waals surface area contributed by atoms with Crippen molar-refractivity contribution in [3.8, 4) is 27.7 Å². The van der Waals surface area contributed by atoms with E-state index in [0.29, 0.717) is 10.1 Å². The molecule has 1 aromatic heterocycles. The summed E-state index contributed by atoms with van der Waals surface area (Å²) < 4.78 is 36.9. The largest absolute Gasteiger partial charge is 0.490 e. The van der Waals surface area contributed by atoms with Gasteiger partial charge in [-0.3, -0.25) is 4.98 Å². The van der Waals surface area contributed by atoms with Crippen LogP contribution in [0.2, 0.25) is 0 Å². The molecular weight excluding hydrogens is 404 g/mol. The number of sulfonamides is 1. The Morgan fingerprint density at radius 3 is 2.79 bits per heavy atom. The van der Waals surface area contributed by atoms with E-state index in [4.69, 9.17) is 9.47 Å². The highest BCUT2D eigenvalue weighted by atomic mass is 32.2. The zero-order chi connectivity index (χ0) is 19.7. The molecule has 8 nitrogen and oxygen atoms in total. The summed E-state index contributed by atoms with van der Waals surface area (Å²) in [7, 11) is -4.25. The van der Waals surface area contributed by atoms with Gasteiger partial charge in [0.25, 0.3) is 10.0 Å². The van der Waals surface area contributed by atoms with E-state index in [1.54, 1.807) is 23.8 Å². The zero-order valence-corrected chi connectivity index (χ0v) is 15.9. The van der Waals surface area contributed by atoms with Gasteiger partial charge in [-0.2, -0.15) is 4.31 Å². The summed E-state index contributed by atoms with van der Waals surface area (Å²) in [6, 6.07) is 11.6. The third-order valence-electron chi connectivity index (χ3n) is 4.04. The molecule has 0 spiro atoms. The van der Waals surface area contributed by atoms with Gasteiger partial charge in [-0.1, -0.05) is 12.1 Å². The summed E-state index contributed by atoms with van der Waals surface area (Å²) in [5.41, 5.74) is 2.65. The van der Waals surface area contributed by atoms with Crippen molar-refractivity contribution < 1.29 is 27.8 Å². The number of carboxylic acid groups (broad SMARTS) is 1. The molecule has 2 heterocycles. The number of thiazole rings is 1. The van der Waals surface area contributed by atoms with Gasteiger partial charge >= 0.3 is 6.09 Å². The van der Waals surface area contributed by atoms with Crippen LogP contribution in [0, 0.1) is 0 Å². The fourth-order valence-corrected chi connectivity index (χ4v) is 4.78. The maximum absolute atomic E-state index is 12.7. The Balaban J connectivity index is 1.68. The normalized spacial score (nSPS) is 15.2. The van der Waals surface area contributed by atoms with Crippen molar-refractivity contribution in [3.63, 3.8) is 0 Å². The van der Waals surface area contributed by atoms with Gasteiger partial charge in [-0.15, -0.1) is 11.3 Å². The van der Waals surface area contributed by atoms with Crippen molar-refractivity contribution in [2.75, 3.05) is 13.2 Å². The van der Waals surface area contributed by atoms with Gasteiger partial charge in [-0.05, 0) is 29.8 Å². The minimum Gasteiger partial charge on any atom is -0.490 e. The van der Waals surface area contributed by atoms with Crippen molar-refractivity contribution in [2.45, 2.75) is 4.90 Å². The molecule has 1 amide bonds. The number of fused-ring (bicyclic) bond motifs is 1. The molecule has 0 aliphatic carbocycles. The summed E-state index contributed by atoms with van der Waals surface area (Å²) in [6.45, 7) is -0.338. The molecule has 144 valence electrons. The Labute approximate surface area is 164 Å². The van der Waals surface area contributed by atoms with Crippen LogP contribution in [0.15, 0.2) is 59.1 Å². The SMILES string of the molecule is O=C(O)N1CCOc2ccc(Oc3cccc(-c4cncs4)c3)cc2S1(=O)=O. The molecule has 1 aliphatic heterocycles. The molecule has 0 saturated carbocycles. The molecule has 10 heteroatoms. The third kappa shape index (κ3) is 3.39. The summed E-state index contributed by atoms with van der Waals surface area (Å²) >= 11 is 1.49. The third-order valence-corrected chi connectivity index (χ3v) is 6.65. The van der Waals surface area contributed by atoms with Crippen molar-refractivity contribution in [1.29, 1.82) is 0 Å². The molecule has 2 aromatic carbocycles. The topological polar surface area (TPSA) is 106 Å². The number of hydrogen-bond acceptors (Lipinski definition) is 7. The first-order valence-corrected chi connectivity index (χ1v) is 10.5. The van der Waals surface area contributed by atoms with Crippen molar-refractivity contribution in [3.05, 3.63) is 54.2 Å². The first-order valence-electron chi connectivity index (χ1n) is 8.14. The molecule has 0 atom stereocenters. The van der Waals surface area contributed by atoms with Gasteiger partial charge in [0, 0.05) is 12.3 Å². The number of carbonyl (C=O) groups is 1. The highest BCUT2D eigenvalue weighted by Gasteiger charge is 2.34. The lowest BCUT2D eigenvalue weighted by Crippen LogP contribution is -2.36. The second-order valence-corrected chi connectivity index (χ2v) is 8.53. The fraction of sp³-hybridized carbons (Fsp3) is 0.111. The predicted octanol–water partition coefficient (Wildman–Crippen LogP) is 3.66. The summed E-state index contributed by atoms with van der Waals surface area (Å²) in [5, 5.41) is 9.21. The van der Waals surface area contributed by atoms with Crippen LogP contribution in [-0.2, 0) is 10.0 Å². The van der Waals surface area contributed by atoms with E-state index in [2.05, 4.69) is 4.98 Å².